The summed E-state index contributed by atoms with van der Waals surface area (Å²) in [6.45, 7) is 2.38. The number of halogens is 1. The van der Waals surface area contributed by atoms with E-state index in [1.807, 2.05) is 18.2 Å². The molecule has 3 rings (SSSR count). The summed E-state index contributed by atoms with van der Waals surface area (Å²) in [5.41, 5.74) is 7.46. The van der Waals surface area contributed by atoms with Gasteiger partial charge in [0.25, 0.3) is 0 Å². The fourth-order valence-corrected chi connectivity index (χ4v) is 4.52. The van der Waals surface area contributed by atoms with Crippen LogP contribution >= 0.6 is 11.6 Å². The van der Waals surface area contributed by atoms with Gasteiger partial charge < -0.3 is 10.6 Å². The Bertz CT molecular complexity index is 460. The Hall–Kier alpha value is -0.570. The highest BCUT2D eigenvalue weighted by atomic mass is 35.5. The predicted molar refractivity (Wildman–Crippen MR) is 89.6 cm³/mol. The SMILES string of the molecule is NC(CCN1CCCC2CCCCC21)c1ccccc1Cl. The molecule has 1 heterocycles. The minimum Gasteiger partial charge on any atom is -0.324 e. The van der Waals surface area contributed by atoms with Crippen LogP contribution in [-0.4, -0.2) is 24.0 Å². The fourth-order valence-electron chi connectivity index (χ4n) is 4.24. The van der Waals surface area contributed by atoms with Crippen LogP contribution in [0.5, 0.6) is 0 Å². The molecule has 1 aliphatic carbocycles. The number of hydrogen-bond acceptors (Lipinski definition) is 2. The van der Waals surface area contributed by atoms with E-state index in [0.717, 1.165) is 35.5 Å². The van der Waals surface area contributed by atoms with Crippen LogP contribution in [0.2, 0.25) is 5.02 Å². The van der Waals surface area contributed by atoms with Crippen molar-refractivity contribution in [2.24, 2.45) is 11.7 Å². The predicted octanol–water partition coefficient (Wildman–Crippen LogP) is 4.38. The smallest absolute Gasteiger partial charge is 0.0453 e. The third kappa shape index (κ3) is 3.61. The van der Waals surface area contributed by atoms with Gasteiger partial charge in [-0.05, 0) is 56.2 Å². The molecular formula is C18H27ClN2. The number of hydrogen-bond donors (Lipinski definition) is 1. The summed E-state index contributed by atoms with van der Waals surface area (Å²) in [7, 11) is 0. The third-order valence-corrected chi connectivity index (χ3v) is 5.73. The van der Waals surface area contributed by atoms with E-state index >= 15 is 0 Å². The number of benzene rings is 1. The van der Waals surface area contributed by atoms with Crippen molar-refractivity contribution in [2.45, 2.75) is 57.0 Å². The van der Waals surface area contributed by atoms with E-state index in [1.165, 1.54) is 45.1 Å². The van der Waals surface area contributed by atoms with E-state index in [0.29, 0.717) is 0 Å². The molecule has 0 bridgehead atoms. The molecule has 116 valence electrons. The Morgan fingerprint density at radius 1 is 1.14 bits per heavy atom. The maximum Gasteiger partial charge on any atom is 0.0453 e. The number of nitrogens with zero attached hydrogens (tertiary/aromatic N) is 1. The number of piperidine rings is 1. The fraction of sp³-hybridized carbons (Fsp3) is 0.667. The van der Waals surface area contributed by atoms with E-state index in [4.69, 9.17) is 17.3 Å². The number of fused-ring (bicyclic) bond motifs is 1. The lowest BCUT2D eigenvalue weighted by molar-refractivity contribution is 0.0586. The largest absolute Gasteiger partial charge is 0.324 e. The molecule has 0 aromatic heterocycles. The molecule has 21 heavy (non-hydrogen) atoms. The molecule has 2 aliphatic rings. The highest BCUT2D eigenvalue weighted by Gasteiger charge is 2.32. The first-order chi connectivity index (χ1) is 10.3. The molecule has 1 aromatic rings. The summed E-state index contributed by atoms with van der Waals surface area (Å²) in [6.07, 6.45) is 9.50. The van der Waals surface area contributed by atoms with Crippen LogP contribution < -0.4 is 5.73 Å². The van der Waals surface area contributed by atoms with Gasteiger partial charge in [0.05, 0.1) is 0 Å². The normalized spacial score (nSPS) is 28.1. The van der Waals surface area contributed by atoms with E-state index in [1.54, 1.807) is 0 Å². The van der Waals surface area contributed by atoms with Gasteiger partial charge in [-0.1, -0.05) is 42.6 Å². The van der Waals surface area contributed by atoms with Crippen molar-refractivity contribution in [3.8, 4) is 0 Å². The van der Waals surface area contributed by atoms with Crippen molar-refractivity contribution >= 4 is 11.6 Å². The zero-order valence-corrected chi connectivity index (χ0v) is 13.6. The van der Waals surface area contributed by atoms with Crippen molar-refractivity contribution < 1.29 is 0 Å². The molecule has 0 radical (unpaired) electrons. The van der Waals surface area contributed by atoms with E-state index in [2.05, 4.69) is 11.0 Å². The molecule has 2 N–H and O–H groups in total. The summed E-state index contributed by atoms with van der Waals surface area (Å²) < 4.78 is 0. The lowest BCUT2D eigenvalue weighted by Crippen LogP contribution is -2.47. The molecule has 2 nitrogen and oxygen atoms in total. The van der Waals surface area contributed by atoms with E-state index < -0.39 is 0 Å². The first-order valence-corrected chi connectivity index (χ1v) is 8.87. The standard InChI is InChI=1S/C18H27ClN2/c19-16-9-3-2-8-15(16)17(20)11-13-21-12-5-7-14-6-1-4-10-18(14)21/h2-3,8-9,14,17-18H,1,4-7,10-13,20H2. The molecule has 3 heteroatoms. The maximum absolute atomic E-state index is 6.37. The molecule has 2 fully saturated rings. The Morgan fingerprint density at radius 3 is 2.76 bits per heavy atom. The monoisotopic (exact) mass is 306 g/mol. The molecular weight excluding hydrogens is 280 g/mol. The zero-order chi connectivity index (χ0) is 14.7. The summed E-state index contributed by atoms with van der Waals surface area (Å²) >= 11 is 6.26. The molecule has 0 amide bonds. The molecule has 0 spiro atoms. The zero-order valence-electron chi connectivity index (χ0n) is 12.8. The van der Waals surface area contributed by atoms with Gasteiger partial charge in [-0.25, -0.2) is 0 Å². The van der Waals surface area contributed by atoms with Crippen molar-refractivity contribution in [3.63, 3.8) is 0 Å². The Morgan fingerprint density at radius 2 is 1.90 bits per heavy atom. The van der Waals surface area contributed by atoms with E-state index in [-0.39, 0.29) is 6.04 Å². The van der Waals surface area contributed by atoms with Crippen molar-refractivity contribution in [1.29, 1.82) is 0 Å². The van der Waals surface area contributed by atoms with Crippen LogP contribution in [-0.2, 0) is 0 Å². The van der Waals surface area contributed by atoms with Crippen molar-refractivity contribution in [1.82, 2.24) is 4.90 Å². The second kappa shape index (κ2) is 7.13. The lowest BCUT2D eigenvalue weighted by Gasteiger charge is -2.44. The van der Waals surface area contributed by atoms with Crippen molar-refractivity contribution in [2.75, 3.05) is 13.1 Å². The van der Waals surface area contributed by atoms with Crippen LogP contribution in [0.25, 0.3) is 0 Å². The molecule has 1 saturated heterocycles. The first kappa shape index (κ1) is 15.3. The van der Waals surface area contributed by atoms with Gasteiger partial charge in [-0.3, -0.25) is 0 Å². The van der Waals surface area contributed by atoms with Gasteiger partial charge in [0.15, 0.2) is 0 Å². The van der Waals surface area contributed by atoms with Crippen LogP contribution in [0.3, 0.4) is 0 Å². The molecule has 1 saturated carbocycles. The second-order valence-electron chi connectivity index (χ2n) is 6.71. The van der Waals surface area contributed by atoms with Gasteiger partial charge in [-0.2, -0.15) is 0 Å². The summed E-state index contributed by atoms with van der Waals surface area (Å²) in [6, 6.07) is 8.88. The summed E-state index contributed by atoms with van der Waals surface area (Å²) in [5, 5.41) is 0.805. The lowest BCUT2D eigenvalue weighted by atomic mass is 9.78. The van der Waals surface area contributed by atoms with Crippen molar-refractivity contribution in [3.05, 3.63) is 34.9 Å². The number of rotatable bonds is 4. The Balaban J connectivity index is 1.58. The highest BCUT2D eigenvalue weighted by molar-refractivity contribution is 6.31. The van der Waals surface area contributed by atoms with Crippen LogP contribution in [0.1, 0.15) is 56.6 Å². The molecule has 1 aliphatic heterocycles. The maximum atomic E-state index is 6.37. The van der Waals surface area contributed by atoms with Crippen LogP contribution in [0.4, 0.5) is 0 Å². The molecule has 3 atom stereocenters. The Kier molecular flexibility index (Phi) is 5.20. The molecule has 1 aromatic carbocycles. The van der Waals surface area contributed by atoms with Gasteiger partial charge in [0.2, 0.25) is 0 Å². The second-order valence-corrected chi connectivity index (χ2v) is 7.11. The summed E-state index contributed by atoms with van der Waals surface area (Å²) in [5.74, 6) is 0.948. The average molecular weight is 307 g/mol. The molecule has 3 unspecified atom stereocenters. The van der Waals surface area contributed by atoms with Gasteiger partial charge >= 0.3 is 0 Å². The van der Waals surface area contributed by atoms with Gasteiger partial charge in [0, 0.05) is 23.7 Å². The topological polar surface area (TPSA) is 29.3 Å². The highest BCUT2D eigenvalue weighted by Crippen LogP contribution is 2.35. The third-order valence-electron chi connectivity index (χ3n) is 5.39. The number of nitrogens with two attached hydrogens (primary N) is 1. The Labute approximate surface area is 133 Å². The number of likely N-dealkylation sites (tertiary alicyclic amines) is 1. The quantitative estimate of drug-likeness (QED) is 0.894. The minimum atomic E-state index is 0.0580. The van der Waals surface area contributed by atoms with Crippen LogP contribution in [0.15, 0.2) is 24.3 Å². The summed E-state index contributed by atoms with van der Waals surface area (Å²) in [4.78, 5) is 2.71. The van der Waals surface area contributed by atoms with E-state index in [9.17, 15) is 0 Å². The minimum absolute atomic E-state index is 0.0580. The van der Waals surface area contributed by atoms with Gasteiger partial charge in [0.1, 0.15) is 0 Å². The van der Waals surface area contributed by atoms with Crippen LogP contribution in [0, 0.1) is 5.92 Å². The van der Waals surface area contributed by atoms with Gasteiger partial charge in [-0.15, -0.1) is 0 Å². The first-order valence-electron chi connectivity index (χ1n) is 8.50. The average Bonchev–Trinajstić information content (AvgIpc) is 2.53.